The number of rotatable bonds is 3. The summed E-state index contributed by atoms with van der Waals surface area (Å²) in [6.07, 6.45) is 6.87. The van der Waals surface area contributed by atoms with Crippen molar-refractivity contribution in [3.63, 3.8) is 0 Å². The number of aliphatic hydroxyl groups excluding tert-OH is 2. The van der Waals surface area contributed by atoms with Crippen molar-refractivity contribution in [1.29, 1.82) is 0 Å². The van der Waals surface area contributed by atoms with Crippen LogP contribution in [0.5, 0.6) is 0 Å². The van der Waals surface area contributed by atoms with Gasteiger partial charge in [-0.05, 0) is 12.0 Å². The van der Waals surface area contributed by atoms with Gasteiger partial charge in [0.25, 0.3) is 0 Å². The molecular weight excluding hydrogens is 220 g/mol. The molecule has 2 atom stereocenters. The van der Waals surface area contributed by atoms with Gasteiger partial charge in [-0.2, -0.15) is 0 Å². The van der Waals surface area contributed by atoms with Crippen LogP contribution in [0.4, 0.5) is 0 Å². The Morgan fingerprint density at radius 1 is 1.53 bits per heavy atom. The summed E-state index contributed by atoms with van der Waals surface area (Å²) in [4.78, 5) is 12.2. The first-order valence-electron chi connectivity index (χ1n) is 5.41. The fourth-order valence-corrected chi connectivity index (χ4v) is 1.91. The number of aromatic nitrogens is 4. The molecule has 1 saturated carbocycles. The van der Waals surface area contributed by atoms with Crippen LogP contribution in [0.1, 0.15) is 6.42 Å². The summed E-state index contributed by atoms with van der Waals surface area (Å²) in [5, 5.41) is 18.3. The number of aliphatic hydroxyl groups is 2. The van der Waals surface area contributed by atoms with E-state index in [-0.39, 0.29) is 12.5 Å². The normalized spacial score (nSPS) is 23.2. The zero-order chi connectivity index (χ0) is 11.8. The second-order valence-corrected chi connectivity index (χ2v) is 4.15. The van der Waals surface area contributed by atoms with Crippen molar-refractivity contribution < 1.29 is 10.2 Å². The molecule has 2 heterocycles. The van der Waals surface area contributed by atoms with Gasteiger partial charge in [0.05, 0.1) is 18.9 Å². The molecule has 88 valence electrons. The Morgan fingerprint density at radius 3 is 3.24 bits per heavy atom. The lowest BCUT2D eigenvalue weighted by Crippen LogP contribution is -2.14. The standard InChI is InChI=1S/C11H12N4O2/c16-4-10(17)8-1-7(8)3-15-6-14-9-2-12-5-13-11(9)15/h2-3,5-6,8,10,16-17H,1,4H2/b7-3+/t8-,10+/m0/s1. The molecule has 2 aromatic rings. The Kier molecular flexibility index (Phi) is 2.38. The van der Waals surface area contributed by atoms with Crippen molar-refractivity contribution in [2.45, 2.75) is 12.5 Å². The molecule has 0 spiro atoms. The minimum Gasteiger partial charge on any atom is -0.394 e. The van der Waals surface area contributed by atoms with E-state index in [9.17, 15) is 5.11 Å². The van der Waals surface area contributed by atoms with Gasteiger partial charge in [-0.1, -0.05) is 0 Å². The van der Waals surface area contributed by atoms with E-state index in [0.29, 0.717) is 0 Å². The molecule has 1 aliphatic carbocycles. The number of imidazole rings is 1. The van der Waals surface area contributed by atoms with Gasteiger partial charge < -0.3 is 10.2 Å². The molecule has 6 nitrogen and oxygen atoms in total. The van der Waals surface area contributed by atoms with Crippen LogP contribution in [0.3, 0.4) is 0 Å². The van der Waals surface area contributed by atoms with Crippen molar-refractivity contribution in [3.05, 3.63) is 24.4 Å². The highest BCUT2D eigenvalue weighted by Crippen LogP contribution is 2.41. The molecule has 6 heteroatoms. The smallest absolute Gasteiger partial charge is 0.167 e. The summed E-state index contributed by atoms with van der Waals surface area (Å²) >= 11 is 0. The maximum Gasteiger partial charge on any atom is 0.167 e. The Morgan fingerprint density at radius 2 is 2.41 bits per heavy atom. The molecular formula is C11H12N4O2. The van der Waals surface area contributed by atoms with Crippen molar-refractivity contribution >= 4 is 17.4 Å². The SMILES string of the molecule is OC[C@@H](O)[C@H]1C/C1=C\n1cnc2cncnc21. The average Bonchev–Trinajstić information content (AvgIpc) is 3.02. The molecule has 0 amide bonds. The lowest BCUT2D eigenvalue weighted by molar-refractivity contribution is 0.0815. The highest BCUT2D eigenvalue weighted by molar-refractivity contribution is 5.72. The third-order valence-corrected chi connectivity index (χ3v) is 2.97. The molecule has 0 saturated heterocycles. The van der Waals surface area contributed by atoms with Gasteiger partial charge >= 0.3 is 0 Å². The molecule has 0 unspecified atom stereocenters. The zero-order valence-electron chi connectivity index (χ0n) is 9.06. The van der Waals surface area contributed by atoms with Crippen LogP contribution in [-0.4, -0.2) is 42.4 Å². The highest BCUT2D eigenvalue weighted by atomic mass is 16.3. The molecule has 0 aromatic carbocycles. The molecule has 0 radical (unpaired) electrons. The first-order chi connectivity index (χ1) is 8.29. The van der Waals surface area contributed by atoms with E-state index in [0.717, 1.165) is 23.2 Å². The maximum atomic E-state index is 9.47. The predicted octanol–water partition coefficient (Wildman–Crippen LogP) is 0.0403. The minimum absolute atomic E-state index is 0.0688. The number of hydrogen-bond donors (Lipinski definition) is 2. The zero-order valence-corrected chi connectivity index (χ0v) is 9.06. The van der Waals surface area contributed by atoms with Gasteiger partial charge in [0.1, 0.15) is 18.2 Å². The molecule has 1 aliphatic rings. The van der Waals surface area contributed by atoms with Crippen molar-refractivity contribution in [2.75, 3.05) is 6.61 Å². The quantitative estimate of drug-likeness (QED) is 0.780. The van der Waals surface area contributed by atoms with E-state index in [2.05, 4.69) is 15.0 Å². The second kappa shape index (κ2) is 3.90. The van der Waals surface area contributed by atoms with Crippen LogP contribution < -0.4 is 0 Å². The third kappa shape index (κ3) is 1.81. The Balaban J connectivity index is 1.89. The highest BCUT2D eigenvalue weighted by Gasteiger charge is 2.36. The van der Waals surface area contributed by atoms with E-state index >= 15 is 0 Å². The van der Waals surface area contributed by atoms with Gasteiger partial charge in [-0.15, -0.1) is 0 Å². The van der Waals surface area contributed by atoms with E-state index in [1.165, 1.54) is 6.33 Å². The van der Waals surface area contributed by atoms with Crippen LogP contribution >= 0.6 is 0 Å². The summed E-state index contributed by atoms with van der Waals surface area (Å²) < 4.78 is 1.82. The fraction of sp³-hybridized carbons (Fsp3) is 0.364. The van der Waals surface area contributed by atoms with Gasteiger partial charge in [-0.3, -0.25) is 4.57 Å². The number of nitrogens with zero attached hydrogens (tertiary/aromatic N) is 4. The van der Waals surface area contributed by atoms with Crippen LogP contribution in [0.15, 0.2) is 24.4 Å². The first kappa shape index (κ1) is 10.4. The maximum absolute atomic E-state index is 9.47. The monoisotopic (exact) mass is 232 g/mol. The van der Waals surface area contributed by atoms with Gasteiger partial charge in [0, 0.05) is 12.1 Å². The largest absolute Gasteiger partial charge is 0.394 e. The molecule has 1 fully saturated rings. The molecule has 0 aliphatic heterocycles. The van der Waals surface area contributed by atoms with E-state index in [4.69, 9.17) is 5.11 Å². The van der Waals surface area contributed by atoms with Crippen LogP contribution in [0, 0.1) is 5.92 Å². The van der Waals surface area contributed by atoms with Crippen molar-refractivity contribution in [3.8, 4) is 0 Å². The van der Waals surface area contributed by atoms with E-state index < -0.39 is 6.10 Å². The summed E-state index contributed by atoms with van der Waals surface area (Å²) in [5.74, 6) is 0.0688. The van der Waals surface area contributed by atoms with Crippen LogP contribution in [-0.2, 0) is 0 Å². The van der Waals surface area contributed by atoms with E-state index in [1.807, 2.05) is 10.8 Å². The lowest BCUT2D eigenvalue weighted by Gasteiger charge is -2.01. The Bertz CT molecular complexity index is 578. The topological polar surface area (TPSA) is 84.1 Å². The minimum atomic E-state index is -0.661. The number of fused-ring (bicyclic) bond motifs is 1. The molecule has 17 heavy (non-hydrogen) atoms. The third-order valence-electron chi connectivity index (χ3n) is 2.97. The van der Waals surface area contributed by atoms with Gasteiger partial charge in [0.2, 0.25) is 0 Å². The Labute approximate surface area is 97.3 Å². The van der Waals surface area contributed by atoms with Crippen molar-refractivity contribution in [1.82, 2.24) is 19.5 Å². The van der Waals surface area contributed by atoms with Crippen molar-refractivity contribution in [2.24, 2.45) is 5.92 Å². The average molecular weight is 232 g/mol. The predicted molar refractivity (Wildman–Crippen MR) is 60.8 cm³/mol. The molecule has 2 N–H and O–H groups in total. The molecule has 3 rings (SSSR count). The summed E-state index contributed by atoms with van der Waals surface area (Å²) in [6.45, 7) is -0.200. The molecule has 0 bridgehead atoms. The van der Waals surface area contributed by atoms with Crippen LogP contribution in [0.2, 0.25) is 0 Å². The summed E-state index contributed by atoms with van der Waals surface area (Å²) in [7, 11) is 0. The Hall–Kier alpha value is -1.79. The van der Waals surface area contributed by atoms with Crippen LogP contribution in [0.25, 0.3) is 17.4 Å². The van der Waals surface area contributed by atoms with Gasteiger partial charge in [-0.25, -0.2) is 15.0 Å². The van der Waals surface area contributed by atoms with Gasteiger partial charge in [0.15, 0.2) is 5.65 Å². The van der Waals surface area contributed by atoms with E-state index in [1.54, 1.807) is 12.5 Å². The number of hydrogen-bond acceptors (Lipinski definition) is 5. The fourth-order valence-electron chi connectivity index (χ4n) is 1.91. The molecule has 2 aromatic heterocycles. The summed E-state index contributed by atoms with van der Waals surface area (Å²) in [5.41, 5.74) is 2.59. The second-order valence-electron chi connectivity index (χ2n) is 4.15. The lowest BCUT2D eigenvalue weighted by atomic mass is 10.2. The summed E-state index contributed by atoms with van der Waals surface area (Å²) in [6, 6.07) is 0. The first-order valence-corrected chi connectivity index (χ1v) is 5.41.